The monoisotopic (exact) mass is 380 g/mol. The van der Waals surface area contributed by atoms with E-state index in [4.69, 9.17) is 5.11 Å². The first-order chi connectivity index (χ1) is 13.3. The minimum atomic E-state index is -0.886. The van der Waals surface area contributed by atoms with Gasteiger partial charge in [0, 0.05) is 18.0 Å². The van der Waals surface area contributed by atoms with E-state index in [1.807, 2.05) is 24.3 Å². The van der Waals surface area contributed by atoms with Gasteiger partial charge in [-0.15, -0.1) is 0 Å². The van der Waals surface area contributed by atoms with Crippen LogP contribution in [-0.4, -0.2) is 32.4 Å². The number of aromatic nitrogens is 2. The highest BCUT2D eigenvalue weighted by Crippen LogP contribution is 2.21. The van der Waals surface area contributed by atoms with Gasteiger partial charge in [-0.2, -0.15) is 5.10 Å². The Morgan fingerprint density at radius 3 is 2.64 bits per heavy atom. The lowest BCUT2D eigenvalue weighted by Crippen LogP contribution is -2.46. The number of hydrogen-bond donors (Lipinski definition) is 3. The Kier molecular flexibility index (Phi) is 5.63. The van der Waals surface area contributed by atoms with Crippen LogP contribution < -0.4 is 10.6 Å². The number of benzene rings is 2. The van der Waals surface area contributed by atoms with E-state index >= 15 is 0 Å². The summed E-state index contributed by atoms with van der Waals surface area (Å²) in [5.74, 6) is -0.317. The molecule has 0 bridgehead atoms. The van der Waals surface area contributed by atoms with Crippen LogP contribution in [0.1, 0.15) is 32.3 Å². The molecule has 0 spiro atoms. The smallest absolute Gasteiger partial charge is 0.320 e. The van der Waals surface area contributed by atoms with E-state index in [1.54, 1.807) is 30.8 Å². The van der Waals surface area contributed by atoms with Crippen LogP contribution in [0.15, 0.2) is 54.7 Å². The molecule has 0 atom stereocenters. The van der Waals surface area contributed by atoms with E-state index in [0.717, 1.165) is 16.3 Å². The fourth-order valence-electron chi connectivity index (χ4n) is 3.09. The molecule has 0 aliphatic carbocycles. The third-order valence-corrected chi connectivity index (χ3v) is 4.57. The van der Waals surface area contributed by atoms with Crippen molar-refractivity contribution in [2.45, 2.75) is 38.8 Å². The Labute approximate surface area is 163 Å². The molecular weight excluding hydrogens is 356 g/mol. The highest BCUT2D eigenvalue weighted by atomic mass is 16.4. The van der Waals surface area contributed by atoms with Crippen molar-refractivity contribution in [1.82, 2.24) is 15.1 Å². The molecule has 0 saturated heterocycles. The molecule has 3 rings (SSSR count). The van der Waals surface area contributed by atoms with Crippen molar-refractivity contribution >= 4 is 28.6 Å². The lowest BCUT2D eigenvalue weighted by atomic mass is 9.99. The molecule has 0 aliphatic rings. The second kappa shape index (κ2) is 8.12. The second-order valence-corrected chi connectivity index (χ2v) is 7.37. The predicted molar refractivity (Wildman–Crippen MR) is 108 cm³/mol. The van der Waals surface area contributed by atoms with E-state index in [2.05, 4.69) is 33.9 Å². The SMILES string of the molecule is CC(C)(CCC(=O)O)NC(=O)Nc1ccnn1Cc1cccc2ccccc12. The van der Waals surface area contributed by atoms with E-state index in [0.29, 0.717) is 18.8 Å². The van der Waals surface area contributed by atoms with Gasteiger partial charge < -0.3 is 10.4 Å². The topological polar surface area (TPSA) is 96.2 Å². The number of nitrogens with zero attached hydrogens (tertiary/aromatic N) is 2. The number of anilines is 1. The summed E-state index contributed by atoms with van der Waals surface area (Å²) in [5, 5.41) is 21.1. The van der Waals surface area contributed by atoms with E-state index < -0.39 is 17.5 Å². The lowest BCUT2D eigenvalue weighted by Gasteiger charge is -2.25. The number of carbonyl (C=O) groups excluding carboxylic acids is 1. The minimum Gasteiger partial charge on any atom is -0.481 e. The molecule has 2 amide bonds. The number of urea groups is 1. The third-order valence-electron chi connectivity index (χ3n) is 4.57. The van der Waals surface area contributed by atoms with Crippen molar-refractivity contribution in [2.75, 3.05) is 5.32 Å². The summed E-state index contributed by atoms with van der Waals surface area (Å²) < 4.78 is 1.73. The average molecular weight is 380 g/mol. The molecule has 3 aromatic rings. The van der Waals surface area contributed by atoms with Crippen LogP contribution in [0.3, 0.4) is 0 Å². The molecule has 7 heteroatoms. The molecular formula is C21H24N4O3. The zero-order chi connectivity index (χ0) is 20.1. The van der Waals surface area contributed by atoms with Gasteiger partial charge in [0.15, 0.2) is 0 Å². The van der Waals surface area contributed by atoms with Gasteiger partial charge >= 0.3 is 12.0 Å². The van der Waals surface area contributed by atoms with Gasteiger partial charge in [0.05, 0.1) is 12.7 Å². The summed E-state index contributed by atoms with van der Waals surface area (Å²) in [5.41, 5.74) is 0.468. The zero-order valence-electron chi connectivity index (χ0n) is 16.0. The number of nitrogens with one attached hydrogen (secondary N) is 2. The number of amides is 2. The number of hydrogen-bond acceptors (Lipinski definition) is 3. The number of fused-ring (bicyclic) bond motifs is 1. The maximum Gasteiger partial charge on any atom is 0.320 e. The highest BCUT2D eigenvalue weighted by molar-refractivity contribution is 5.89. The standard InChI is InChI=1S/C21H24N4O3/c1-21(2,12-10-19(26)27)24-20(28)23-18-11-13-22-25(18)14-16-8-5-7-15-6-3-4-9-17(15)16/h3-9,11,13H,10,12,14H2,1-2H3,(H,26,27)(H2,23,24,28). The Morgan fingerprint density at radius 2 is 1.86 bits per heavy atom. The van der Waals surface area contributed by atoms with Crippen LogP contribution in [0.25, 0.3) is 10.8 Å². The molecule has 1 aromatic heterocycles. The summed E-state index contributed by atoms with van der Waals surface area (Å²) in [4.78, 5) is 23.1. The number of carbonyl (C=O) groups is 2. The van der Waals surface area contributed by atoms with Crippen LogP contribution in [0.2, 0.25) is 0 Å². The largest absolute Gasteiger partial charge is 0.481 e. The first-order valence-corrected chi connectivity index (χ1v) is 9.13. The Balaban J connectivity index is 1.70. The number of aliphatic carboxylic acids is 1. The van der Waals surface area contributed by atoms with Gasteiger partial charge in [0.2, 0.25) is 0 Å². The van der Waals surface area contributed by atoms with E-state index in [9.17, 15) is 9.59 Å². The summed E-state index contributed by atoms with van der Waals surface area (Å²) >= 11 is 0. The maximum atomic E-state index is 12.4. The number of carboxylic acid groups (broad SMARTS) is 1. The van der Waals surface area contributed by atoms with Gasteiger partial charge in [-0.05, 0) is 36.6 Å². The first-order valence-electron chi connectivity index (χ1n) is 9.13. The van der Waals surface area contributed by atoms with Crippen molar-refractivity contribution in [1.29, 1.82) is 0 Å². The maximum absolute atomic E-state index is 12.4. The fourth-order valence-corrected chi connectivity index (χ4v) is 3.09. The van der Waals surface area contributed by atoms with E-state index in [1.165, 1.54) is 0 Å². The fraction of sp³-hybridized carbons (Fsp3) is 0.286. The van der Waals surface area contributed by atoms with Crippen LogP contribution >= 0.6 is 0 Å². The Hall–Kier alpha value is -3.35. The Morgan fingerprint density at radius 1 is 1.11 bits per heavy atom. The summed E-state index contributed by atoms with van der Waals surface area (Å²) in [6.45, 7) is 4.11. The lowest BCUT2D eigenvalue weighted by molar-refractivity contribution is -0.137. The summed E-state index contributed by atoms with van der Waals surface area (Å²) in [6.07, 6.45) is 1.97. The van der Waals surface area contributed by atoms with Crippen LogP contribution in [0.5, 0.6) is 0 Å². The third kappa shape index (κ3) is 4.88. The van der Waals surface area contributed by atoms with Crippen LogP contribution in [0, 0.1) is 0 Å². The molecule has 28 heavy (non-hydrogen) atoms. The molecule has 0 aliphatic heterocycles. The molecule has 146 valence electrons. The van der Waals surface area contributed by atoms with Crippen LogP contribution in [-0.2, 0) is 11.3 Å². The normalized spacial score (nSPS) is 11.4. The predicted octanol–water partition coefficient (Wildman–Crippen LogP) is 3.85. The van der Waals surface area contributed by atoms with Crippen molar-refractivity contribution in [2.24, 2.45) is 0 Å². The molecule has 2 aromatic carbocycles. The van der Waals surface area contributed by atoms with Crippen molar-refractivity contribution in [3.05, 3.63) is 60.3 Å². The number of carboxylic acids is 1. The van der Waals surface area contributed by atoms with Gasteiger partial charge in [-0.1, -0.05) is 42.5 Å². The van der Waals surface area contributed by atoms with Crippen LogP contribution in [0.4, 0.5) is 10.6 Å². The Bertz CT molecular complexity index is 989. The highest BCUT2D eigenvalue weighted by Gasteiger charge is 2.22. The molecule has 0 saturated carbocycles. The second-order valence-electron chi connectivity index (χ2n) is 7.37. The molecule has 0 fully saturated rings. The average Bonchev–Trinajstić information content (AvgIpc) is 3.06. The molecule has 1 heterocycles. The minimum absolute atomic E-state index is 0.00764. The summed E-state index contributed by atoms with van der Waals surface area (Å²) in [7, 11) is 0. The van der Waals surface area contributed by atoms with Crippen molar-refractivity contribution < 1.29 is 14.7 Å². The molecule has 3 N–H and O–H groups in total. The van der Waals surface area contributed by atoms with E-state index in [-0.39, 0.29) is 6.42 Å². The van der Waals surface area contributed by atoms with Gasteiger partial charge in [-0.3, -0.25) is 10.1 Å². The first kappa shape index (κ1) is 19.4. The quantitative estimate of drug-likeness (QED) is 0.580. The molecule has 7 nitrogen and oxygen atoms in total. The summed E-state index contributed by atoms with van der Waals surface area (Å²) in [6, 6.07) is 15.6. The van der Waals surface area contributed by atoms with Gasteiger partial charge in [-0.25, -0.2) is 9.48 Å². The molecule has 0 radical (unpaired) electrons. The number of rotatable bonds is 7. The van der Waals surface area contributed by atoms with Gasteiger partial charge in [0.25, 0.3) is 0 Å². The zero-order valence-corrected chi connectivity index (χ0v) is 16.0. The molecule has 0 unspecified atom stereocenters. The van der Waals surface area contributed by atoms with Crippen molar-refractivity contribution in [3.8, 4) is 0 Å². The van der Waals surface area contributed by atoms with Crippen molar-refractivity contribution in [3.63, 3.8) is 0 Å². The van der Waals surface area contributed by atoms with Gasteiger partial charge in [0.1, 0.15) is 5.82 Å².